The summed E-state index contributed by atoms with van der Waals surface area (Å²) in [6.07, 6.45) is 6.65. The van der Waals surface area contributed by atoms with E-state index in [0.29, 0.717) is 0 Å². The smallest absolute Gasteiger partial charge is 0.00984 e. The lowest BCUT2D eigenvalue weighted by Gasteiger charge is -2.17. The minimum absolute atomic E-state index is 0.764. The third-order valence-electron chi connectivity index (χ3n) is 3.43. The average Bonchev–Trinajstić information content (AvgIpc) is 3.15. The first-order valence-electron chi connectivity index (χ1n) is 6.67. The van der Waals surface area contributed by atoms with E-state index in [1.807, 2.05) is 0 Å². The molecule has 0 saturated heterocycles. The van der Waals surface area contributed by atoms with Crippen LogP contribution >= 0.6 is 0 Å². The summed E-state index contributed by atoms with van der Waals surface area (Å²) in [5.41, 5.74) is 1.48. The Kier molecular flexibility index (Phi) is 4.41. The first kappa shape index (κ1) is 11.7. The Morgan fingerprint density at radius 1 is 1.25 bits per heavy atom. The van der Waals surface area contributed by atoms with Crippen LogP contribution in [0.5, 0.6) is 0 Å². The maximum Gasteiger partial charge on any atom is 0.00984 e. The lowest BCUT2D eigenvalue weighted by atomic mass is 10.0. The summed E-state index contributed by atoms with van der Waals surface area (Å²) in [5.74, 6) is 0.968. The highest BCUT2D eigenvalue weighted by atomic mass is 14.9. The molecule has 1 aliphatic carbocycles. The zero-order valence-corrected chi connectivity index (χ0v) is 10.3. The molecule has 1 heteroatoms. The summed E-state index contributed by atoms with van der Waals surface area (Å²) in [4.78, 5) is 0. The highest BCUT2D eigenvalue weighted by Gasteiger charge is 2.30. The van der Waals surface area contributed by atoms with Gasteiger partial charge in [-0.1, -0.05) is 37.3 Å². The molecule has 0 bridgehead atoms. The van der Waals surface area contributed by atoms with E-state index in [0.717, 1.165) is 12.0 Å². The highest BCUT2D eigenvalue weighted by Crippen LogP contribution is 2.34. The Labute approximate surface area is 99.3 Å². The van der Waals surface area contributed by atoms with Crippen molar-refractivity contribution in [2.75, 3.05) is 6.54 Å². The maximum atomic E-state index is 3.70. The lowest BCUT2D eigenvalue weighted by Crippen LogP contribution is -2.32. The Balaban J connectivity index is 1.77. The molecule has 1 aromatic rings. The molecule has 1 N–H and O–H groups in total. The molecule has 0 aromatic heterocycles. The molecule has 2 rings (SSSR count). The van der Waals surface area contributed by atoms with E-state index in [4.69, 9.17) is 0 Å². The number of rotatable bonds is 7. The topological polar surface area (TPSA) is 12.0 Å². The second-order valence-electron chi connectivity index (χ2n) is 4.92. The minimum Gasteiger partial charge on any atom is -0.314 e. The third-order valence-corrected chi connectivity index (χ3v) is 3.43. The molecule has 16 heavy (non-hydrogen) atoms. The molecule has 0 radical (unpaired) electrons. The number of aryl methyl sites for hydroxylation is 1. The van der Waals surface area contributed by atoms with Crippen LogP contribution in [0, 0.1) is 5.92 Å². The van der Waals surface area contributed by atoms with E-state index < -0.39 is 0 Å². The molecule has 0 spiro atoms. The van der Waals surface area contributed by atoms with Crippen molar-refractivity contribution < 1.29 is 0 Å². The fraction of sp³-hybridized carbons (Fsp3) is 0.600. The Bertz CT molecular complexity index is 290. The van der Waals surface area contributed by atoms with Crippen molar-refractivity contribution in [1.82, 2.24) is 5.32 Å². The van der Waals surface area contributed by atoms with Gasteiger partial charge in [0.05, 0.1) is 0 Å². The van der Waals surface area contributed by atoms with Gasteiger partial charge >= 0.3 is 0 Å². The van der Waals surface area contributed by atoms with Crippen molar-refractivity contribution in [3.05, 3.63) is 35.9 Å². The normalized spacial score (nSPS) is 17.3. The zero-order valence-electron chi connectivity index (χ0n) is 10.3. The van der Waals surface area contributed by atoms with Crippen LogP contribution in [0.3, 0.4) is 0 Å². The van der Waals surface area contributed by atoms with Gasteiger partial charge in [0.1, 0.15) is 0 Å². The average molecular weight is 217 g/mol. The molecular formula is C15H23N. The van der Waals surface area contributed by atoms with Gasteiger partial charge in [-0.3, -0.25) is 0 Å². The molecule has 1 fully saturated rings. The number of hydrogen-bond donors (Lipinski definition) is 1. The predicted molar refractivity (Wildman–Crippen MR) is 69.6 cm³/mol. The van der Waals surface area contributed by atoms with E-state index in [1.165, 1.54) is 44.2 Å². The van der Waals surface area contributed by atoms with Crippen LogP contribution in [0.1, 0.15) is 38.2 Å². The van der Waals surface area contributed by atoms with Crippen LogP contribution in [-0.2, 0) is 6.42 Å². The van der Waals surface area contributed by atoms with E-state index in [-0.39, 0.29) is 0 Å². The van der Waals surface area contributed by atoms with E-state index >= 15 is 0 Å². The van der Waals surface area contributed by atoms with Crippen LogP contribution in [0.2, 0.25) is 0 Å². The Morgan fingerprint density at radius 3 is 2.62 bits per heavy atom. The quantitative estimate of drug-likeness (QED) is 0.738. The third kappa shape index (κ3) is 3.64. The van der Waals surface area contributed by atoms with Crippen molar-refractivity contribution in [1.29, 1.82) is 0 Å². The largest absolute Gasteiger partial charge is 0.314 e. The molecule has 1 atom stereocenters. The first-order chi connectivity index (χ1) is 7.90. The molecule has 1 aliphatic rings. The fourth-order valence-corrected chi connectivity index (χ4v) is 2.30. The minimum atomic E-state index is 0.764. The molecule has 1 saturated carbocycles. The molecular weight excluding hydrogens is 194 g/mol. The number of benzene rings is 1. The molecule has 1 nitrogen and oxygen atoms in total. The predicted octanol–water partition coefficient (Wildman–Crippen LogP) is 3.40. The summed E-state index contributed by atoms with van der Waals surface area (Å²) in [7, 11) is 0. The molecule has 88 valence electrons. The van der Waals surface area contributed by atoms with Crippen LogP contribution < -0.4 is 5.32 Å². The summed E-state index contributed by atoms with van der Waals surface area (Å²) >= 11 is 0. The highest BCUT2D eigenvalue weighted by molar-refractivity contribution is 5.15. The van der Waals surface area contributed by atoms with Gasteiger partial charge in [-0.2, -0.15) is 0 Å². The van der Waals surface area contributed by atoms with Crippen molar-refractivity contribution >= 4 is 0 Å². The molecule has 1 aromatic carbocycles. The molecule has 1 unspecified atom stereocenters. The second-order valence-corrected chi connectivity index (χ2v) is 4.92. The SMILES string of the molecule is CCCNC(CCc1ccccc1)C1CC1. The molecule has 0 amide bonds. The van der Waals surface area contributed by atoms with Crippen molar-refractivity contribution in [2.24, 2.45) is 5.92 Å². The standard InChI is InChI=1S/C15H23N/c1-2-12-16-15(14-9-10-14)11-8-13-6-4-3-5-7-13/h3-7,14-16H,2,8-12H2,1H3. The fourth-order valence-electron chi connectivity index (χ4n) is 2.30. The first-order valence-corrected chi connectivity index (χ1v) is 6.67. The monoisotopic (exact) mass is 217 g/mol. The Morgan fingerprint density at radius 2 is 2.00 bits per heavy atom. The van der Waals surface area contributed by atoms with Crippen molar-refractivity contribution in [3.8, 4) is 0 Å². The van der Waals surface area contributed by atoms with Crippen LogP contribution in [-0.4, -0.2) is 12.6 Å². The van der Waals surface area contributed by atoms with E-state index in [9.17, 15) is 0 Å². The number of hydrogen-bond acceptors (Lipinski definition) is 1. The van der Waals surface area contributed by atoms with Crippen LogP contribution in [0.25, 0.3) is 0 Å². The van der Waals surface area contributed by atoms with Crippen LogP contribution in [0.4, 0.5) is 0 Å². The van der Waals surface area contributed by atoms with Crippen molar-refractivity contribution in [2.45, 2.75) is 45.1 Å². The Hall–Kier alpha value is -0.820. The summed E-state index contributed by atoms with van der Waals surface area (Å²) in [6.45, 7) is 3.42. The maximum absolute atomic E-state index is 3.70. The second kappa shape index (κ2) is 6.05. The van der Waals surface area contributed by atoms with E-state index in [1.54, 1.807) is 0 Å². The summed E-state index contributed by atoms with van der Waals surface area (Å²) < 4.78 is 0. The van der Waals surface area contributed by atoms with Crippen molar-refractivity contribution in [3.63, 3.8) is 0 Å². The summed E-state index contributed by atoms with van der Waals surface area (Å²) in [6, 6.07) is 11.6. The lowest BCUT2D eigenvalue weighted by molar-refractivity contribution is 0.436. The van der Waals surface area contributed by atoms with Gasteiger partial charge in [0.25, 0.3) is 0 Å². The van der Waals surface area contributed by atoms with Crippen LogP contribution in [0.15, 0.2) is 30.3 Å². The van der Waals surface area contributed by atoms with Gasteiger partial charge in [-0.25, -0.2) is 0 Å². The van der Waals surface area contributed by atoms with Gasteiger partial charge < -0.3 is 5.32 Å². The molecule has 0 aliphatic heterocycles. The van der Waals surface area contributed by atoms with Gasteiger partial charge in [-0.15, -0.1) is 0 Å². The van der Waals surface area contributed by atoms with E-state index in [2.05, 4.69) is 42.6 Å². The van der Waals surface area contributed by atoms with Gasteiger partial charge in [0.15, 0.2) is 0 Å². The molecule has 0 heterocycles. The number of nitrogens with one attached hydrogen (secondary N) is 1. The summed E-state index contributed by atoms with van der Waals surface area (Å²) in [5, 5.41) is 3.70. The van der Waals surface area contributed by atoms with Gasteiger partial charge in [0, 0.05) is 6.04 Å². The zero-order chi connectivity index (χ0) is 11.2. The van der Waals surface area contributed by atoms with Gasteiger partial charge in [0.2, 0.25) is 0 Å². The van der Waals surface area contributed by atoms with Gasteiger partial charge in [-0.05, 0) is 50.1 Å².